The summed E-state index contributed by atoms with van der Waals surface area (Å²) in [4.78, 5) is 0. The zero-order valence-corrected chi connectivity index (χ0v) is 13.4. The van der Waals surface area contributed by atoms with Crippen LogP contribution >= 0.6 is 23.2 Å². The quantitative estimate of drug-likeness (QED) is 0.841. The van der Waals surface area contributed by atoms with E-state index in [-0.39, 0.29) is 6.04 Å². The first-order valence-electron chi connectivity index (χ1n) is 6.56. The number of rotatable bonds is 7. The van der Waals surface area contributed by atoms with Gasteiger partial charge in [0, 0.05) is 26.7 Å². The molecule has 0 aliphatic carbocycles. The highest BCUT2D eigenvalue weighted by molar-refractivity contribution is 6.42. The van der Waals surface area contributed by atoms with Crippen molar-refractivity contribution in [2.75, 3.05) is 13.7 Å². The van der Waals surface area contributed by atoms with Crippen LogP contribution in [0.15, 0.2) is 22.6 Å². The van der Waals surface area contributed by atoms with Gasteiger partial charge in [0.15, 0.2) is 0 Å². The number of hydrogen-bond donors (Lipinski definition) is 1. The standard InChI is InChI=1S/C14H17Cl2N3O2/c1-9-18-19-14(21-9)8-17-13(5-6-20-2)10-3-4-11(15)12(16)7-10/h3-4,7,13,17H,5-6,8H2,1-2H3/t13-/m0/s1. The summed E-state index contributed by atoms with van der Waals surface area (Å²) in [7, 11) is 1.67. The van der Waals surface area contributed by atoms with Crippen LogP contribution in [0.25, 0.3) is 0 Å². The minimum atomic E-state index is 0.0620. The average molecular weight is 330 g/mol. The predicted molar refractivity (Wildman–Crippen MR) is 81.6 cm³/mol. The fourth-order valence-corrected chi connectivity index (χ4v) is 2.28. The second kappa shape index (κ2) is 7.75. The Morgan fingerprint density at radius 1 is 1.29 bits per heavy atom. The Labute approximate surface area is 133 Å². The smallest absolute Gasteiger partial charge is 0.230 e. The number of benzene rings is 1. The van der Waals surface area contributed by atoms with Crippen LogP contribution in [0.1, 0.15) is 29.8 Å². The van der Waals surface area contributed by atoms with Crippen LogP contribution in [0.5, 0.6) is 0 Å². The van der Waals surface area contributed by atoms with Crippen molar-refractivity contribution in [1.82, 2.24) is 15.5 Å². The summed E-state index contributed by atoms with van der Waals surface area (Å²) in [6, 6.07) is 5.65. The first-order valence-corrected chi connectivity index (χ1v) is 7.32. The van der Waals surface area contributed by atoms with E-state index in [9.17, 15) is 0 Å². The van der Waals surface area contributed by atoms with Gasteiger partial charge in [0.2, 0.25) is 11.8 Å². The van der Waals surface area contributed by atoms with Gasteiger partial charge in [-0.05, 0) is 24.1 Å². The Hall–Kier alpha value is -1.14. The third-order valence-corrected chi connectivity index (χ3v) is 3.76. The molecule has 0 radical (unpaired) electrons. The van der Waals surface area contributed by atoms with E-state index in [2.05, 4.69) is 15.5 Å². The van der Waals surface area contributed by atoms with Gasteiger partial charge in [-0.25, -0.2) is 0 Å². The van der Waals surface area contributed by atoms with Gasteiger partial charge in [0.1, 0.15) is 0 Å². The maximum absolute atomic E-state index is 6.08. The number of ether oxygens (including phenoxy) is 1. The zero-order valence-electron chi connectivity index (χ0n) is 11.9. The van der Waals surface area contributed by atoms with Crippen LogP contribution in [-0.2, 0) is 11.3 Å². The van der Waals surface area contributed by atoms with E-state index in [4.69, 9.17) is 32.4 Å². The summed E-state index contributed by atoms with van der Waals surface area (Å²) in [5.41, 5.74) is 1.04. The van der Waals surface area contributed by atoms with Crippen LogP contribution in [-0.4, -0.2) is 23.9 Å². The molecule has 0 saturated carbocycles. The van der Waals surface area contributed by atoms with Gasteiger partial charge < -0.3 is 14.5 Å². The molecule has 114 valence electrons. The molecule has 0 amide bonds. The highest BCUT2D eigenvalue weighted by Gasteiger charge is 2.14. The van der Waals surface area contributed by atoms with Gasteiger partial charge in [-0.15, -0.1) is 10.2 Å². The third kappa shape index (κ3) is 4.68. The lowest BCUT2D eigenvalue weighted by molar-refractivity contribution is 0.182. The number of nitrogens with zero attached hydrogens (tertiary/aromatic N) is 2. The molecule has 1 aromatic heterocycles. The van der Waals surface area contributed by atoms with Gasteiger partial charge >= 0.3 is 0 Å². The van der Waals surface area contributed by atoms with E-state index < -0.39 is 0 Å². The summed E-state index contributed by atoms with van der Waals surface area (Å²) < 4.78 is 10.5. The van der Waals surface area contributed by atoms with E-state index in [0.717, 1.165) is 12.0 Å². The molecule has 7 heteroatoms. The molecule has 0 aliphatic heterocycles. The lowest BCUT2D eigenvalue weighted by Crippen LogP contribution is -2.22. The molecule has 0 spiro atoms. The highest BCUT2D eigenvalue weighted by atomic mass is 35.5. The van der Waals surface area contributed by atoms with E-state index in [1.54, 1.807) is 20.1 Å². The van der Waals surface area contributed by atoms with Crippen molar-refractivity contribution in [3.8, 4) is 0 Å². The topological polar surface area (TPSA) is 60.2 Å². The fraction of sp³-hybridized carbons (Fsp3) is 0.429. The number of hydrogen-bond acceptors (Lipinski definition) is 5. The molecule has 2 aromatic rings. The summed E-state index contributed by atoms with van der Waals surface area (Å²) in [5.74, 6) is 1.10. The Kier molecular flexibility index (Phi) is 5.99. The van der Waals surface area contributed by atoms with Crippen molar-refractivity contribution < 1.29 is 9.15 Å². The lowest BCUT2D eigenvalue weighted by Gasteiger charge is -2.18. The molecule has 0 unspecified atom stereocenters. The molecule has 0 fully saturated rings. The fourth-order valence-electron chi connectivity index (χ4n) is 1.97. The SMILES string of the molecule is COCC[C@H](NCc1nnc(C)o1)c1ccc(Cl)c(Cl)c1. The number of aromatic nitrogens is 2. The molecule has 1 aromatic carbocycles. The summed E-state index contributed by atoms with van der Waals surface area (Å²) in [6.07, 6.45) is 0.793. The van der Waals surface area contributed by atoms with E-state index in [1.807, 2.05) is 12.1 Å². The minimum Gasteiger partial charge on any atom is -0.424 e. The molecule has 0 saturated heterocycles. The molecule has 1 N–H and O–H groups in total. The van der Waals surface area contributed by atoms with E-state index >= 15 is 0 Å². The average Bonchev–Trinajstić information content (AvgIpc) is 2.88. The number of nitrogens with one attached hydrogen (secondary N) is 1. The molecule has 5 nitrogen and oxygen atoms in total. The largest absolute Gasteiger partial charge is 0.424 e. The maximum atomic E-state index is 6.08. The molecule has 2 rings (SSSR count). The van der Waals surface area contributed by atoms with Crippen molar-refractivity contribution >= 4 is 23.2 Å². The molecular formula is C14H17Cl2N3O2. The number of halogens is 2. The van der Waals surface area contributed by atoms with Crippen molar-refractivity contribution in [1.29, 1.82) is 0 Å². The number of aryl methyl sites for hydroxylation is 1. The Bertz CT molecular complexity index is 589. The molecule has 1 heterocycles. The number of methoxy groups -OCH3 is 1. The van der Waals surface area contributed by atoms with Crippen LogP contribution in [0.3, 0.4) is 0 Å². The van der Waals surface area contributed by atoms with Crippen molar-refractivity contribution in [2.45, 2.75) is 25.9 Å². The van der Waals surface area contributed by atoms with E-state index in [0.29, 0.717) is 35.0 Å². The third-order valence-electron chi connectivity index (χ3n) is 3.02. The monoisotopic (exact) mass is 329 g/mol. The van der Waals surface area contributed by atoms with Gasteiger partial charge in [0.25, 0.3) is 0 Å². The normalized spacial score (nSPS) is 12.6. The van der Waals surface area contributed by atoms with Crippen LogP contribution in [0, 0.1) is 6.92 Å². The van der Waals surface area contributed by atoms with Crippen molar-refractivity contribution in [2.24, 2.45) is 0 Å². The predicted octanol–water partition coefficient (Wildman–Crippen LogP) is 3.55. The van der Waals surface area contributed by atoms with Crippen molar-refractivity contribution in [3.05, 3.63) is 45.6 Å². The first-order chi connectivity index (χ1) is 10.1. The molecule has 0 aliphatic rings. The Morgan fingerprint density at radius 2 is 2.10 bits per heavy atom. The van der Waals surface area contributed by atoms with Crippen LogP contribution in [0.4, 0.5) is 0 Å². The minimum absolute atomic E-state index is 0.0620. The molecular weight excluding hydrogens is 313 g/mol. The molecule has 21 heavy (non-hydrogen) atoms. The van der Waals surface area contributed by atoms with Gasteiger partial charge in [-0.2, -0.15) is 0 Å². The summed E-state index contributed by atoms with van der Waals surface area (Å²) >= 11 is 12.0. The zero-order chi connectivity index (χ0) is 15.2. The molecule has 0 bridgehead atoms. The Balaban J connectivity index is 2.07. The van der Waals surface area contributed by atoms with Crippen LogP contribution in [0.2, 0.25) is 10.0 Å². The molecule has 1 atom stereocenters. The summed E-state index contributed by atoms with van der Waals surface area (Å²) in [5, 5.41) is 12.2. The second-order valence-corrected chi connectivity index (χ2v) is 5.42. The van der Waals surface area contributed by atoms with Gasteiger partial charge in [-0.1, -0.05) is 29.3 Å². The summed E-state index contributed by atoms with van der Waals surface area (Å²) in [6.45, 7) is 2.87. The van der Waals surface area contributed by atoms with Gasteiger partial charge in [-0.3, -0.25) is 0 Å². The highest BCUT2D eigenvalue weighted by Crippen LogP contribution is 2.27. The Morgan fingerprint density at radius 3 is 2.71 bits per heavy atom. The lowest BCUT2D eigenvalue weighted by atomic mass is 10.0. The van der Waals surface area contributed by atoms with E-state index in [1.165, 1.54) is 0 Å². The maximum Gasteiger partial charge on any atom is 0.230 e. The van der Waals surface area contributed by atoms with Crippen molar-refractivity contribution in [3.63, 3.8) is 0 Å². The van der Waals surface area contributed by atoms with Gasteiger partial charge in [0.05, 0.1) is 16.6 Å². The van der Waals surface area contributed by atoms with Crippen LogP contribution < -0.4 is 5.32 Å². The first kappa shape index (κ1) is 16.2. The second-order valence-electron chi connectivity index (χ2n) is 4.60.